The molecule has 2 N–H and O–H groups in total. The Labute approximate surface area is 184 Å². The number of unbranched alkanes of at least 4 members (excludes halogenated alkanes) is 3. The second-order valence-electron chi connectivity index (χ2n) is 7.26. The molecule has 0 bridgehead atoms. The molecule has 0 amide bonds. The molecule has 0 unspecified atom stereocenters. The van der Waals surface area contributed by atoms with E-state index in [4.69, 9.17) is 14.6 Å². The summed E-state index contributed by atoms with van der Waals surface area (Å²) in [4.78, 5) is 0. The average Bonchev–Trinajstić information content (AvgIpc) is 2.76. The van der Waals surface area contributed by atoms with Gasteiger partial charge in [-0.1, -0.05) is 80.5 Å². The van der Waals surface area contributed by atoms with Gasteiger partial charge in [-0.15, -0.1) is 0 Å². The molecule has 0 aromatic carbocycles. The van der Waals surface area contributed by atoms with Gasteiger partial charge >= 0.3 is 0 Å². The number of aliphatic hydroxyl groups excluding tert-OH is 2. The van der Waals surface area contributed by atoms with Gasteiger partial charge in [-0.25, -0.2) is 0 Å². The van der Waals surface area contributed by atoms with E-state index in [9.17, 15) is 5.11 Å². The van der Waals surface area contributed by atoms with Crippen molar-refractivity contribution in [3.63, 3.8) is 0 Å². The highest BCUT2D eigenvalue weighted by Gasteiger charge is 2.07. The molecule has 30 heavy (non-hydrogen) atoms. The van der Waals surface area contributed by atoms with E-state index in [1.807, 2.05) is 0 Å². The van der Waals surface area contributed by atoms with Crippen molar-refractivity contribution in [2.75, 3.05) is 26.9 Å². The van der Waals surface area contributed by atoms with Crippen LogP contribution >= 0.6 is 0 Å². The molecular formula is C26H44O4. The topological polar surface area (TPSA) is 58.9 Å². The van der Waals surface area contributed by atoms with Crippen LogP contribution in [0.25, 0.3) is 0 Å². The van der Waals surface area contributed by atoms with Crippen LogP contribution < -0.4 is 0 Å². The van der Waals surface area contributed by atoms with Gasteiger partial charge in [-0.2, -0.15) is 0 Å². The summed E-state index contributed by atoms with van der Waals surface area (Å²) < 4.78 is 10.7. The first-order valence-electron chi connectivity index (χ1n) is 11.4. The van der Waals surface area contributed by atoms with Crippen molar-refractivity contribution in [2.24, 2.45) is 0 Å². The van der Waals surface area contributed by atoms with Gasteiger partial charge in [0.15, 0.2) is 0 Å². The lowest BCUT2D eigenvalue weighted by Crippen LogP contribution is -2.24. The Kier molecular flexibility index (Phi) is 22.7. The largest absolute Gasteiger partial charge is 0.394 e. The average molecular weight is 421 g/mol. The van der Waals surface area contributed by atoms with E-state index in [0.29, 0.717) is 6.61 Å². The predicted octanol–water partition coefficient (Wildman–Crippen LogP) is 5.68. The van der Waals surface area contributed by atoms with Crippen LogP contribution in [0.2, 0.25) is 0 Å². The lowest BCUT2D eigenvalue weighted by Gasteiger charge is -2.15. The minimum atomic E-state index is -0.824. The fourth-order valence-electron chi connectivity index (χ4n) is 2.58. The summed E-state index contributed by atoms with van der Waals surface area (Å²) in [5.74, 6) is 0. The van der Waals surface area contributed by atoms with Gasteiger partial charge in [0, 0.05) is 7.11 Å². The van der Waals surface area contributed by atoms with Gasteiger partial charge in [0.2, 0.25) is 0 Å². The molecule has 0 aliphatic rings. The van der Waals surface area contributed by atoms with E-state index < -0.39 is 6.10 Å². The van der Waals surface area contributed by atoms with Crippen molar-refractivity contribution in [1.29, 1.82) is 0 Å². The molecule has 0 aliphatic carbocycles. The van der Waals surface area contributed by atoms with Crippen LogP contribution in [-0.2, 0) is 9.47 Å². The van der Waals surface area contributed by atoms with Gasteiger partial charge in [-0.05, 0) is 44.9 Å². The molecule has 2 atom stereocenters. The van der Waals surface area contributed by atoms with Crippen molar-refractivity contribution < 1.29 is 19.7 Å². The van der Waals surface area contributed by atoms with Crippen molar-refractivity contribution in [3.8, 4) is 0 Å². The minimum absolute atomic E-state index is 0.0383. The van der Waals surface area contributed by atoms with Crippen molar-refractivity contribution in [3.05, 3.63) is 60.8 Å². The molecule has 0 saturated heterocycles. The monoisotopic (exact) mass is 420 g/mol. The minimum Gasteiger partial charge on any atom is -0.394 e. The molecular weight excluding hydrogens is 376 g/mol. The third-order valence-corrected chi connectivity index (χ3v) is 4.45. The normalized spacial score (nSPS) is 14.9. The number of ether oxygens (including phenoxy) is 2. The molecule has 0 saturated carbocycles. The van der Waals surface area contributed by atoms with Gasteiger partial charge < -0.3 is 19.7 Å². The molecule has 4 heteroatoms. The van der Waals surface area contributed by atoms with Crippen molar-refractivity contribution in [1.82, 2.24) is 0 Å². The van der Waals surface area contributed by atoms with Crippen molar-refractivity contribution >= 4 is 0 Å². The van der Waals surface area contributed by atoms with Gasteiger partial charge in [0.1, 0.15) is 6.10 Å². The quantitative estimate of drug-likeness (QED) is 0.196. The van der Waals surface area contributed by atoms with Gasteiger partial charge in [0.25, 0.3) is 0 Å². The Morgan fingerprint density at radius 1 is 0.733 bits per heavy atom. The second-order valence-corrected chi connectivity index (χ2v) is 7.26. The van der Waals surface area contributed by atoms with E-state index in [2.05, 4.69) is 67.7 Å². The van der Waals surface area contributed by atoms with Crippen LogP contribution in [0.5, 0.6) is 0 Å². The Balaban J connectivity index is 3.67. The summed E-state index contributed by atoms with van der Waals surface area (Å²) in [5.41, 5.74) is 0. The van der Waals surface area contributed by atoms with Crippen LogP contribution in [0.3, 0.4) is 0 Å². The van der Waals surface area contributed by atoms with E-state index in [1.165, 1.54) is 25.7 Å². The molecule has 0 aromatic heterocycles. The highest BCUT2D eigenvalue weighted by molar-refractivity contribution is 5.00. The summed E-state index contributed by atoms with van der Waals surface area (Å²) in [6.45, 7) is 2.48. The standard InChI is InChI=1S/C26H44O4/c1-3-4-5-6-7-8-9-10-11-12-13-14-15-16-17-18-19-20-21-26(29-2)24-30-23-25(28)22-27/h7-8,10-11,13-14,16-17,19-20,25-28H,3-6,9,12,15,18,21-24H2,1-2H3/b8-7-,11-10-,14-13-,17-16-,20-19-/t25-,26+/m0/s1. The van der Waals surface area contributed by atoms with Gasteiger partial charge in [-0.3, -0.25) is 0 Å². The summed E-state index contributed by atoms with van der Waals surface area (Å²) in [6.07, 6.45) is 30.9. The lowest BCUT2D eigenvalue weighted by molar-refractivity contribution is -0.0345. The van der Waals surface area contributed by atoms with Crippen LogP contribution in [0, 0.1) is 0 Å². The molecule has 0 aromatic rings. The summed E-state index contributed by atoms with van der Waals surface area (Å²) >= 11 is 0. The molecule has 0 rings (SSSR count). The Morgan fingerprint density at radius 2 is 1.27 bits per heavy atom. The molecule has 0 fully saturated rings. The van der Waals surface area contributed by atoms with E-state index in [1.54, 1.807) is 7.11 Å². The number of allylic oxidation sites excluding steroid dienone is 9. The first-order chi connectivity index (χ1) is 14.7. The fourth-order valence-corrected chi connectivity index (χ4v) is 2.58. The number of rotatable bonds is 20. The second kappa shape index (κ2) is 23.8. The molecule has 0 heterocycles. The fraction of sp³-hybridized carbons (Fsp3) is 0.615. The Morgan fingerprint density at radius 3 is 1.77 bits per heavy atom. The maximum atomic E-state index is 9.23. The van der Waals surface area contributed by atoms with E-state index in [0.717, 1.165) is 32.1 Å². The van der Waals surface area contributed by atoms with Crippen LogP contribution in [0.1, 0.15) is 64.7 Å². The third-order valence-electron chi connectivity index (χ3n) is 4.45. The van der Waals surface area contributed by atoms with Gasteiger partial charge in [0.05, 0.1) is 25.9 Å². The number of hydrogen-bond acceptors (Lipinski definition) is 4. The lowest BCUT2D eigenvalue weighted by atomic mass is 10.2. The van der Waals surface area contributed by atoms with Crippen LogP contribution in [0.4, 0.5) is 0 Å². The number of aliphatic hydroxyl groups is 2. The van der Waals surface area contributed by atoms with E-state index >= 15 is 0 Å². The smallest absolute Gasteiger partial charge is 0.100 e. The van der Waals surface area contributed by atoms with Crippen LogP contribution in [0.15, 0.2) is 60.8 Å². The Bertz CT molecular complexity index is 491. The van der Waals surface area contributed by atoms with Crippen LogP contribution in [-0.4, -0.2) is 49.4 Å². The molecule has 0 radical (unpaired) electrons. The third kappa shape index (κ3) is 21.3. The van der Waals surface area contributed by atoms with E-state index in [-0.39, 0.29) is 19.3 Å². The Hall–Kier alpha value is -1.46. The maximum Gasteiger partial charge on any atom is 0.100 e. The zero-order valence-electron chi connectivity index (χ0n) is 19.1. The molecule has 0 spiro atoms. The van der Waals surface area contributed by atoms with Crippen molar-refractivity contribution in [2.45, 2.75) is 76.9 Å². The zero-order valence-corrected chi connectivity index (χ0v) is 19.1. The number of hydrogen-bond donors (Lipinski definition) is 2. The summed E-state index contributed by atoms with van der Waals surface area (Å²) in [5, 5.41) is 18.0. The number of methoxy groups -OCH3 is 1. The summed E-state index contributed by atoms with van der Waals surface area (Å²) in [7, 11) is 1.65. The maximum absolute atomic E-state index is 9.23. The SMILES string of the molecule is CCCCC/C=C\C/C=C\C/C=C\C/C=C\C/C=C\C[C@H](COC[C@@H](O)CO)OC. The highest BCUT2D eigenvalue weighted by atomic mass is 16.5. The molecule has 4 nitrogen and oxygen atoms in total. The molecule has 0 aliphatic heterocycles. The first kappa shape index (κ1) is 28.5. The highest BCUT2D eigenvalue weighted by Crippen LogP contribution is 2.02. The zero-order chi connectivity index (χ0) is 22.1. The predicted molar refractivity (Wildman–Crippen MR) is 128 cm³/mol. The molecule has 172 valence electrons. The first-order valence-corrected chi connectivity index (χ1v) is 11.4. The summed E-state index contributed by atoms with van der Waals surface area (Å²) in [6, 6.07) is 0.